The Morgan fingerprint density at radius 1 is 0.967 bits per heavy atom. The third-order valence-electron chi connectivity index (χ3n) is 5.34. The highest BCUT2D eigenvalue weighted by atomic mass is 19.4. The molecular formula is C20H25F3N6O. The Bertz CT molecular complexity index is 847. The van der Waals surface area contributed by atoms with Crippen molar-refractivity contribution in [1.82, 2.24) is 19.9 Å². The van der Waals surface area contributed by atoms with E-state index < -0.39 is 11.9 Å². The topological polar surface area (TPSA) is 57.6 Å². The molecule has 2 aromatic rings. The zero-order valence-electron chi connectivity index (χ0n) is 16.9. The van der Waals surface area contributed by atoms with Crippen LogP contribution in [0.2, 0.25) is 0 Å². The molecule has 4 heterocycles. The largest absolute Gasteiger partial charge is 0.433 e. The van der Waals surface area contributed by atoms with Crippen LogP contribution in [0.5, 0.6) is 0 Å². The molecule has 0 N–H and O–H groups in total. The average Bonchev–Trinajstić information content (AvgIpc) is 2.74. The average molecular weight is 422 g/mol. The van der Waals surface area contributed by atoms with E-state index >= 15 is 0 Å². The molecule has 2 aromatic heterocycles. The van der Waals surface area contributed by atoms with Crippen molar-refractivity contribution < 1.29 is 17.9 Å². The maximum absolute atomic E-state index is 12.7. The highest BCUT2D eigenvalue weighted by Gasteiger charge is 2.32. The molecule has 0 aliphatic carbocycles. The number of halogens is 3. The predicted octanol–water partition coefficient (Wildman–Crippen LogP) is 2.36. The molecule has 30 heavy (non-hydrogen) atoms. The maximum atomic E-state index is 12.7. The Labute approximate surface area is 173 Å². The molecule has 4 rings (SSSR count). The first-order chi connectivity index (χ1) is 14.4. The lowest BCUT2D eigenvalue weighted by Crippen LogP contribution is -2.46. The Morgan fingerprint density at radius 2 is 1.70 bits per heavy atom. The molecule has 2 aliphatic rings. The van der Waals surface area contributed by atoms with Crippen LogP contribution in [0.3, 0.4) is 0 Å². The van der Waals surface area contributed by atoms with E-state index in [0.717, 1.165) is 68.4 Å². The SMILES string of the molecule is Cc1cc(N2CCN(Cc3ccc(C(F)(F)F)nc3)CC2)nc(N2CCOCC2)n1. The lowest BCUT2D eigenvalue weighted by Gasteiger charge is -2.36. The van der Waals surface area contributed by atoms with Crippen LogP contribution in [0.1, 0.15) is 17.0 Å². The number of aryl methyl sites for hydroxylation is 1. The molecule has 0 aromatic carbocycles. The van der Waals surface area contributed by atoms with Crippen molar-refractivity contribution in [2.24, 2.45) is 0 Å². The summed E-state index contributed by atoms with van der Waals surface area (Å²) in [6.45, 7) is 8.71. The van der Waals surface area contributed by atoms with Gasteiger partial charge in [0.1, 0.15) is 11.5 Å². The van der Waals surface area contributed by atoms with E-state index in [0.29, 0.717) is 19.8 Å². The fourth-order valence-corrected chi connectivity index (χ4v) is 3.68. The van der Waals surface area contributed by atoms with Gasteiger partial charge in [-0.15, -0.1) is 0 Å². The van der Waals surface area contributed by atoms with Gasteiger partial charge in [-0.1, -0.05) is 6.07 Å². The number of alkyl halides is 3. The van der Waals surface area contributed by atoms with E-state index in [9.17, 15) is 13.2 Å². The van der Waals surface area contributed by atoms with Gasteiger partial charge in [0.05, 0.1) is 13.2 Å². The van der Waals surface area contributed by atoms with Gasteiger partial charge in [0.2, 0.25) is 5.95 Å². The van der Waals surface area contributed by atoms with Gasteiger partial charge in [0.25, 0.3) is 0 Å². The molecular weight excluding hydrogens is 397 g/mol. The van der Waals surface area contributed by atoms with E-state index in [1.54, 1.807) is 0 Å². The van der Waals surface area contributed by atoms with Crippen molar-refractivity contribution in [3.63, 3.8) is 0 Å². The summed E-state index contributed by atoms with van der Waals surface area (Å²) in [5, 5.41) is 0. The van der Waals surface area contributed by atoms with E-state index in [2.05, 4.69) is 24.7 Å². The van der Waals surface area contributed by atoms with Crippen LogP contribution in [0.25, 0.3) is 0 Å². The molecule has 7 nitrogen and oxygen atoms in total. The van der Waals surface area contributed by atoms with Gasteiger partial charge in [0, 0.05) is 63.8 Å². The van der Waals surface area contributed by atoms with Gasteiger partial charge in [-0.2, -0.15) is 18.2 Å². The van der Waals surface area contributed by atoms with Gasteiger partial charge in [-0.25, -0.2) is 4.98 Å². The Kier molecular flexibility index (Phi) is 6.05. The molecule has 0 spiro atoms. The predicted molar refractivity (Wildman–Crippen MR) is 107 cm³/mol. The molecule has 0 unspecified atom stereocenters. The molecule has 162 valence electrons. The molecule has 0 radical (unpaired) electrons. The van der Waals surface area contributed by atoms with E-state index in [-0.39, 0.29) is 0 Å². The summed E-state index contributed by atoms with van der Waals surface area (Å²) in [6, 6.07) is 4.55. The molecule has 0 atom stereocenters. The quantitative estimate of drug-likeness (QED) is 0.750. The summed E-state index contributed by atoms with van der Waals surface area (Å²) < 4.78 is 43.4. The summed E-state index contributed by atoms with van der Waals surface area (Å²) in [6.07, 6.45) is -3.09. The van der Waals surface area contributed by atoms with Gasteiger partial charge in [-0.3, -0.25) is 9.88 Å². The van der Waals surface area contributed by atoms with Crippen LogP contribution in [-0.2, 0) is 17.5 Å². The van der Waals surface area contributed by atoms with Crippen LogP contribution < -0.4 is 9.80 Å². The normalized spacial score (nSPS) is 18.7. The number of ether oxygens (including phenoxy) is 1. The number of piperazine rings is 1. The smallest absolute Gasteiger partial charge is 0.378 e. The second-order valence-corrected chi connectivity index (χ2v) is 7.58. The maximum Gasteiger partial charge on any atom is 0.433 e. The first kappa shape index (κ1) is 20.8. The monoisotopic (exact) mass is 422 g/mol. The molecule has 0 amide bonds. The number of aromatic nitrogens is 3. The van der Waals surface area contributed by atoms with Gasteiger partial charge in [0.15, 0.2) is 0 Å². The summed E-state index contributed by atoms with van der Waals surface area (Å²) >= 11 is 0. The summed E-state index contributed by atoms with van der Waals surface area (Å²) in [5.41, 5.74) is 0.856. The van der Waals surface area contributed by atoms with E-state index in [1.807, 2.05) is 13.0 Å². The van der Waals surface area contributed by atoms with Gasteiger partial charge in [-0.05, 0) is 18.6 Å². The van der Waals surface area contributed by atoms with Crippen LogP contribution in [0, 0.1) is 6.92 Å². The molecule has 0 bridgehead atoms. The third kappa shape index (κ3) is 4.99. The molecule has 0 saturated carbocycles. The number of nitrogens with zero attached hydrogens (tertiary/aromatic N) is 6. The lowest BCUT2D eigenvalue weighted by atomic mass is 10.2. The number of pyridine rings is 1. The van der Waals surface area contributed by atoms with Crippen molar-refractivity contribution in [2.75, 3.05) is 62.3 Å². The second kappa shape index (κ2) is 8.73. The second-order valence-electron chi connectivity index (χ2n) is 7.58. The Balaban J connectivity index is 1.36. The minimum absolute atomic E-state index is 0.584. The fourth-order valence-electron chi connectivity index (χ4n) is 3.68. The Hall–Kier alpha value is -2.46. The lowest BCUT2D eigenvalue weighted by molar-refractivity contribution is -0.141. The molecule has 2 fully saturated rings. The number of morpholine rings is 1. The first-order valence-corrected chi connectivity index (χ1v) is 10.1. The van der Waals surface area contributed by atoms with Gasteiger partial charge >= 0.3 is 6.18 Å². The van der Waals surface area contributed by atoms with Crippen molar-refractivity contribution >= 4 is 11.8 Å². The fraction of sp³-hybridized carbons (Fsp3) is 0.550. The summed E-state index contributed by atoms with van der Waals surface area (Å²) in [4.78, 5) is 19.5. The van der Waals surface area contributed by atoms with Crippen LogP contribution in [-0.4, -0.2) is 72.3 Å². The summed E-state index contributed by atoms with van der Waals surface area (Å²) in [7, 11) is 0. The first-order valence-electron chi connectivity index (χ1n) is 10.1. The van der Waals surface area contributed by atoms with Crippen molar-refractivity contribution in [3.8, 4) is 0 Å². The number of rotatable bonds is 4. The molecule has 2 aliphatic heterocycles. The van der Waals surface area contributed by atoms with Crippen LogP contribution in [0.4, 0.5) is 24.9 Å². The van der Waals surface area contributed by atoms with E-state index in [4.69, 9.17) is 9.72 Å². The molecule has 2 saturated heterocycles. The minimum Gasteiger partial charge on any atom is -0.378 e. The van der Waals surface area contributed by atoms with E-state index in [1.165, 1.54) is 12.3 Å². The number of hydrogen-bond donors (Lipinski definition) is 0. The van der Waals surface area contributed by atoms with Crippen molar-refractivity contribution in [3.05, 3.63) is 41.3 Å². The third-order valence-corrected chi connectivity index (χ3v) is 5.34. The summed E-state index contributed by atoms with van der Waals surface area (Å²) in [5.74, 6) is 1.66. The number of anilines is 2. The highest BCUT2D eigenvalue weighted by Crippen LogP contribution is 2.27. The standard InChI is InChI=1S/C20H25F3N6O/c1-15-12-18(26-19(25-15)29-8-10-30-11-9-29)28-6-4-27(5-7-28)14-16-2-3-17(24-13-16)20(21,22)23/h2-3,12-13H,4-11,14H2,1H3. The van der Waals surface area contributed by atoms with Gasteiger partial charge < -0.3 is 14.5 Å². The molecule has 10 heteroatoms. The van der Waals surface area contributed by atoms with Crippen LogP contribution in [0.15, 0.2) is 24.4 Å². The van der Waals surface area contributed by atoms with Crippen LogP contribution >= 0.6 is 0 Å². The zero-order valence-corrected chi connectivity index (χ0v) is 16.9. The highest BCUT2D eigenvalue weighted by molar-refractivity contribution is 5.46. The zero-order chi connectivity index (χ0) is 21.1. The number of hydrogen-bond acceptors (Lipinski definition) is 7. The van der Waals surface area contributed by atoms with Crippen molar-refractivity contribution in [1.29, 1.82) is 0 Å². The van der Waals surface area contributed by atoms with Crippen molar-refractivity contribution in [2.45, 2.75) is 19.6 Å². The Morgan fingerprint density at radius 3 is 2.33 bits per heavy atom. The minimum atomic E-state index is -4.40.